The summed E-state index contributed by atoms with van der Waals surface area (Å²) in [6.07, 6.45) is 5.99. The maximum absolute atomic E-state index is 10.6. The van der Waals surface area contributed by atoms with Gasteiger partial charge in [-0.05, 0) is 37.9 Å². The van der Waals surface area contributed by atoms with Crippen LogP contribution >= 0.6 is 28.3 Å². The molecule has 2 aromatic heterocycles. The molecule has 7 heteroatoms. The Morgan fingerprint density at radius 3 is 2.37 bits per heavy atom. The molecule has 3 heterocycles. The minimum absolute atomic E-state index is 0.192. The molecule has 2 aromatic rings. The minimum atomic E-state index is -0.192. The fourth-order valence-corrected chi connectivity index (χ4v) is 1.85. The van der Waals surface area contributed by atoms with Gasteiger partial charge in [0.2, 0.25) is 0 Å². The maximum Gasteiger partial charge on any atom is 0.323 e. The quantitative estimate of drug-likeness (QED) is 0.644. The van der Waals surface area contributed by atoms with Crippen LogP contribution in [0.5, 0.6) is 0 Å². The molecule has 0 amide bonds. The molecule has 5 nitrogen and oxygen atoms in total. The van der Waals surface area contributed by atoms with Crippen LogP contribution in [0.3, 0.4) is 0 Å². The second-order valence-corrected chi connectivity index (χ2v) is 4.43. The first-order valence-corrected chi connectivity index (χ1v) is 9.84. The summed E-state index contributed by atoms with van der Waals surface area (Å²) in [6.45, 7) is 4.79. The lowest BCUT2D eigenvalue weighted by molar-refractivity contribution is 0.402. The van der Waals surface area contributed by atoms with Crippen LogP contribution in [0.25, 0.3) is 11.0 Å². The molecule has 3 rings (SSSR count). The number of hydrogen-bond donors (Lipinski definition) is 3. The van der Waals surface area contributed by atoms with Crippen LogP contribution in [-0.4, -0.2) is 28.0 Å². The molecule has 3 N–H and O–H groups in total. The van der Waals surface area contributed by atoms with Crippen LogP contribution in [0, 0.1) is 5.92 Å². The van der Waals surface area contributed by atoms with Crippen LogP contribution in [0.15, 0.2) is 23.3 Å². The van der Waals surface area contributed by atoms with Gasteiger partial charge in [0.1, 0.15) is 0 Å². The smallest absolute Gasteiger partial charge is 0.317 e. The van der Waals surface area contributed by atoms with Crippen molar-refractivity contribution in [2.45, 2.75) is 19.8 Å². The van der Waals surface area contributed by atoms with E-state index < -0.39 is 0 Å². The summed E-state index contributed by atoms with van der Waals surface area (Å²) in [5.41, 5.74) is 1.34. The van der Waals surface area contributed by atoms with Gasteiger partial charge < -0.3 is 15.3 Å². The van der Waals surface area contributed by atoms with Gasteiger partial charge in [-0.25, -0.2) is 4.79 Å². The predicted octanol–water partition coefficient (Wildman–Crippen LogP) is 2.95. The van der Waals surface area contributed by atoms with E-state index in [4.69, 9.17) is 0 Å². The molecule has 0 aromatic carbocycles. The zero-order valence-corrected chi connectivity index (χ0v) is 13.9. The van der Waals surface area contributed by atoms with E-state index in [2.05, 4.69) is 55.4 Å². The standard InChI is InChI=1S/C6H5N3O.C6H13N.Br2/c10-6-8-4-1-2-7-3-5(4)9-6;1-6-2-4-7-5-3-6;1-2/h1-3H,(H2,8,9,10);6-7H,2-5H2,1H3;. The number of nitrogens with zero attached hydrogens (tertiary/aromatic N) is 1. The van der Waals surface area contributed by atoms with Crippen LogP contribution in [0.2, 0.25) is 0 Å². The molecule has 0 aliphatic carbocycles. The van der Waals surface area contributed by atoms with E-state index in [1.807, 2.05) is 0 Å². The number of pyridine rings is 1. The summed E-state index contributed by atoms with van der Waals surface area (Å²) in [7, 11) is 0. The highest BCUT2D eigenvalue weighted by Crippen LogP contribution is 2.08. The monoisotopic (exact) mass is 392 g/mol. The third kappa shape index (κ3) is 5.88. The largest absolute Gasteiger partial charge is 0.323 e. The molecular weight excluding hydrogens is 376 g/mol. The van der Waals surface area contributed by atoms with Crippen molar-refractivity contribution in [3.8, 4) is 0 Å². The fourth-order valence-electron chi connectivity index (χ4n) is 1.85. The van der Waals surface area contributed by atoms with Crippen LogP contribution in [-0.2, 0) is 0 Å². The van der Waals surface area contributed by atoms with Crippen molar-refractivity contribution in [1.82, 2.24) is 20.3 Å². The van der Waals surface area contributed by atoms with Gasteiger partial charge in [-0.2, -0.15) is 0 Å². The Morgan fingerprint density at radius 1 is 1.21 bits per heavy atom. The normalized spacial score (nSPS) is 15.1. The van der Waals surface area contributed by atoms with Gasteiger partial charge in [0.05, 0.1) is 17.2 Å². The van der Waals surface area contributed by atoms with Gasteiger partial charge in [-0.1, -0.05) is 6.92 Å². The highest BCUT2D eigenvalue weighted by molar-refractivity contribution is 9.93. The Labute approximate surface area is 127 Å². The zero-order chi connectivity index (χ0) is 14.1. The van der Waals surface area contributed by atoms with E-state index in [1.54, 1.807) is 18.5 Å². The number of nitrogens with one attached hydrogen (secondary N) is 3. The van der Waals surface area contributed by atoms with Gasteiger partial charge in [0.25, 0.3) is 0 Å². The molecule has 106 valence electrons. The Morgan fingerprint density at radius 2 is 1.84 bits per heavy atom. The molecule has 0 unspecified atom stereocenters. The molecule has 1 aliphatic rings. The van der Waals surface area contributed by atoms with Gasteiger partial charge in [0.15, 0.2) is 0 Å². The number of aromatic nitrogens is 3. The summed E-state index contributed by atoms with van der Waals surface area (Å²) >= 11 is 5.50. The summed E-state index contributed by atoms with van der Waals surface area (Å²) in [6, 6.07) is 1.74. The van der Waals surface area contributed by atoms with E-state index in [9.17, 15) is 4.79 Å². The lowest BCUT2D eigenvalue weighted by atomic mass is 10.0. The summed E-state index contributed by atoms with van der Waals surface area (Å²) in [5, 5.41) is 3.32. The number of fused-ring (bicyclic) bond motifs is 1. The number of hydrogen-bond acceptors (Lipinski definition) is 3. The summed E-state index contributed by atoms with van der Waals surface area (Å²) in [5.74, 6) is 0.973. The third-order valence-electron chi connectivity index (χ3n) is 2.95. The number of H-pyrrole nitrogens is 2. The molecule has 1 fully saturated rings. The lowest BCUT2D eigenvalue weighted by Crippen LogP contribution is -2.26. The first-order valence-electron chi connectivity index (χ1n) is 6.13. The molecule has 0 saturated carbocycles. The van der Waals surface area contributed by atoms with E-state index in [0.29, 0.717) is 0 Å². The SMILES string of the molecule is BrBr.CC1CCNCC1.O=c1[nH]c2ccncc2[nH]1. The first-order chi connectivity index (χ1) is 9.25. The minimum Gasteiger partial charge on any atom is -0.317 e. The maximum atomic E-state index is 10.6. The molecule has 0 radical (unpaired) electrons. The fraction of sp³-hybridized carbons (Fsp3) is 0.500. The second-order valence-electron chi connectivity index (χ2n) is 4.43. The average molecular weight is 394 g/mol. The van der Waals surface area contributed by atoms with E-state index in [-0.39, 0.29) is 5.69 Å². The van der Waals surface area contributed by atoms with Crippen molar-refractivity contribution >= 4 is 39.3 Å². The molecule has 19 heavy (non-hydrogen) atoms. The highest BCUT2D eigenvalue weighted by Gasteiger charge is 2.05. The van der Waals surface area contributed by atoms with E-state index in [1.165, 1.54) is 25.9 Å². The Balaban J connectivity index is 0.000000177. The third-order valence-corrected chi connectivity index (χ3v) is 2.95. The van der Waals surface area contributed by atoms with Crippen LogP contribution in [0.4, 0.5) is 0 Å². The topological polar surface area (TPSA) is 73.6 Å². The highest BCUT2D eigenvalue weighted by atomic mass is 80.9. The number of halogens is 2. The van der Waals surface area contributed by atoms with Crippen molar-refractivity contribution in [3.05, 3.63) is 28.9 Å². The average Bonchev–Trinajstić information content (AvgIpc) is 2.82. The van der Waals surface area contributed by atoms with Crippen molar-refractivity contribution < 1.29 is 0 Å². The Bertz CT molecular complexity index is 483. The van der Waals surface area contributed by atoms with E-state index >= 15 is 0 Å². The molecule has 0 spiro atoms. The van der Waals surface area contributed by atoms with Crippen molar-refractivity contribution in [2.24, 2.45) is 5.92 Å². The number of imidazole rings is 1. The van der Waals surface area contributed by atoms with Crippen LogP contribution in [0.1, 0.15) is 19.8 Å². The molecule has 0 atom stereocenters. The van der Waals surface area contributed by atoms with E-state index in [0.717, 1.165) is 17.0 Å². The van der Waals surface area contributed by atoms with Gasteiger partial charge in [-0.3, -0.25) is 4.98 Å². The number of rotatable bonds is 0. The Hall–Kier alpha value is -0.660. The van der Waals surface area contributed by atoms with Crippen molar-refractivity contribution in [2.75, 3.05) is 13.1 Å². The summed E-state index contributed by atoms with van der Waals surface area (Å²) in [4.78, 5) is 19.7. The molecule has 1 aliphatic heterocycles. The lowest BCUT2D eigenvalue weighted by Gasteiger charge is -2.17. The molecular formula is C12H18Br2N4O. The second kappa shape index (κ2) is 9.28. The van der Waals surface area contributed by atoms with Crippen molar-refractivity contribution in [3.63, 3.8) is 0 Å². The number of aromatic amines is 2. The summed E-state index contributed by atoms with van der Waals surface area (Å²) < 4.78 is 0. The predicted molar refractivity (Wildman–Crippen MR) is 85.8 cm³/mol. The Kier molecular flexibility index (Phi) is 8.00. The number of piperidine rings is 1. The molecule has 1 saturated heterocycles. The van der Waals surface area contributed by atoms with Crippen molar-refractivity contribution in [1.29, 1.82) is 0 Å². The van der Waals surface area contributed by atoms with Gasteiger partial charge in [-0.15, -0.1) is 0 Å². The van der Waals surface area contributed by atoms with Crippen LogP contribution < -0.4 is 11.0 Å². The first kappa shape index (κ1) is 16.4. The molecule has 0 bridgehead atoms. The van der Waals surface area contributed by atoms with Gasteiger partial charge in [0, 0.05) is 34.5 Å². The van der Waals surface area contributed by atoms with Gasteiger partial charge >= 0.3 is 5.69 Å². The zero-order valence-electron chi connectivity index (χ0n) is 10.7.